The predicted octanol–water partition coefficient (Wildman–Crippen LogP) is 16.5. The van der Waals surface area contributed by atoms with Crippen LogP contribution in [-0.2, 0) is 0 Å². The Balaban J connectivity index is 1.14. The fourth-order valence-electron chi connectivity index (χ4n) is 9.29. The lowest BCUT2D eigenvalue weighted by Crippen LogP contribution is -2.37. The molecule has 0 aliphatic carbocycles. The Morgan fingerprint density at radius 3 is 1.03 bits per heavy atom. The van der Waals surface area contributed by atoms with E-state index in [9.17, 15) is 0 Å². The first-order chi connectivity index (χ1) is 31.7. The zero-order chi connectivity index (χ0) is 46.1. The Morgan fingerprint density at radius 2 is 0.682 bits per heavy atom. The van der Waals surface area contributed by atoms with E-state index in [4.69, 9.17) is 0 Å². The van der Waals surface area contributed by atoms with Crippen molar-refractivity contribution in [1.29, 1.82) is 0 Å². The quantitative estimate of drug-likeness (QED) is 0.0766. The molecular weight excluding hydrogens is 857 g/mol. The summed E-state index contributed by atoms with van der Waals surface area (Å²) < 4.78 is 66.6. The van der Waals surface area contributed by atoms with Crippen LogP contribution in [0.5, 0.6) is 0 Å². The summed E-state index contributed by atoms with van der Waals surface area (Å²) in [7, 11) is -3.19. The van der Waals surface area contributed by atoms with Gasteiger partial charge in [-0.1, -0.05) is 171 Å². The van der Waals surface area contributed by atoms with E-state index in [1.807, 2.05) is 158 Å². The summed E-state index contributed by atoms with van der Waals surface area (Å²) in [6.45, 7) is 13.5. The molecule has 0 fully saturated rings. The summed E-state index contributed by atoms with van der Waals surface area (Å²) in [5.41, 5.74) is 4.36. The van der Waals surface area contributed by atoms with Crippen LogP contribution >= 0.6 is 0 Å². The van der Waals surface area contributed by atoms with Gasteiger partial charge in [0.05, 0.1) is 38.9 Å². The van der Waals surface area contributed by atoms with Gasteiger partial charge in [-0.2, -0.15) is 0 Å². The zero-order valence-electron chi connectivity index (χ0n) is 37.7. The van der Waals surface area contributed by atoms with Gasteiger partial charge in [-0.25, -0.2) is 17.6 Å². The molecule has 0 spiro atoms. The SMILES string of the molecule is C[Si](C)(C)c1ccc(-c2cc(F)c(N(c3ccccc3)c3ccc4ccc5c(N(c6ccccc6)c6cc(F)c(-c7ccc([Si](C)(C)C)cc7)cc6F)ccc6ccc3c4c65)cc2F)cc1. The summed E-state index contributed by atoms with van der Waals surface area (Å²) in [6, 6.07) is 55.6. The predicted molar refractivity (Wildman–Crippen MR) is 276 cm³/mol. The summed E-state index contributed by atoms with van der Waals surface area (Å²) in [5, 5.41) is 7.78. The lowest BCUT2D eigenvalue weighted by atomic mass is 9.91. The van der Waals surface area contributed by atoms with Gasteiger partial charge in [0.25, 0.3) is 0 Å². The highest BCUT2D eigenvalue weighted by atomic mass is 28.3. The molecule has 0 atom stereocenters. The molecule has 8 heteroatoms. The minimum absolute atomic E-state index is 0.0695. The third-order valence-electron chi connectivity index (χ3n) is 12.8. The third kappa shape index (κ3) is 7.63. The van der Waals surface area contributed by atoms with Gasteiger partial charge < -0.3 is 9.80 Å². The van der Waals surface area contributed by atoms with E-state index in [1.165, 1.54) is 34.6 Å². The molecule has 0 unspecified atom stereocenters. The maximum Gasteiger partial charge on any atom is 0.148 e. The van der Waals surface area contributed by atoms with E-state index in [-0.39, 0.29) is 22.5 Å². The molecule has 0 heterocycles. The maximum absolute atomic E-state index is 16.8. The Bertz CT molecular complexity index is 3190. The van der Waals surface area contributed by atoms with Crippen LogP contribution < -0.4 is 20.2 Å². The number of para-hydroxylation sites is 2. The van der Waals surface area contributed by atoms with Crippen LogP contribution in [0.15, 0.2) is 182 Å². The first-order valence-electron chi connectivity index (χ1n) is 22.3. The van der Waals surface area contributed by atoms with Crippen molar-refractivity contribution in [3.8, 4) is 22.3 Å². The van der Waals surface area contributed by atoms with Crippen molar-refractivity contribution in [2.45, 2.75) is 39.3 Å². The molecule has 2 nitrogen and oxygen atoms in total. The van der Waals surface area contributed by atoms with Crippen molar-refractivity contribution < 1.29 is 17.6 Å². The molecule has 326 valence electrons. The highest BCUT2D eigenvalue weighted by Gasteiger charge is 2.27. The van der Waals surface area contributed by atoms with Crippen LogP contribution in [0.1, 0.15) is 0 Å². The third-order valence-corrected chi connectivity index (χ3v) is 16.9. The average Bonchev–Trinajstić information content (AvgIpc) is 3.31. The van der Waals surface area contributed by atoms with Crippen LogP contribution in [-0.4, -0.2) is 16.1 Å². The van der Waals surface area contributed by atoms with E-state index in [0.29, 0.717) is 33.9 Å². The molecule has 0 bridgehead atoms. The highest BCUT2D eigenvalue weighted by molar-refractivity contribution is 6.89. The lowest BCUT2D eigenvalue weighted by molar-refractivity contribution is 0.604. The Kier molecular flexibility index (Phi) is 10.7. The average molecular weight is 905 g/mol. The van der Waals surface area contributed by atoms with Gasteiger partial charge in [-0.3, -0.25) is 0 Å². The second kappa shape index (κ2) is 16.5. The Morgan fingerprint density at radius 1 is 0.333 bits per heavy atom. The normalized spacial score (nSPS) is 12.1. The van der Waals surface area contributed by atoms with Crippen LogP contribution in [0, 0.1) is 23.3 Å². The molecule has 0 radical (unpaired) electrons. The van der Waals surface area contributed by atoms with Crippen molar-refractivity contribution in [1.82, 2.24) is 0 Å². The number of anilines is 6. The molecule has 66 heavy (non-hydrogen) atoms. The molecule has 10 rings (SSSR count). The molecule has 0 N–H and O–H groups in total. The number of rotatable bonds is 10. The van der Waals surface area contributed by atoms with Crippen molar-refractivity contribution in [2.24, 2.45) is 0 Å². The van der Waals surface area contributed by atoms with E-state index in [2.05, 4.69) is 39.3 Å². The minimum atomic E-state index is -1.60. The lowest BCUT2D eigenvalue weighted by Gasteiger charge is -2.30. The van der Waals surface area contributed by atoms with Crippen molar-refractivity contribution >= 4 is 93.0 Å². The molecule has 10 aromatic rings. The fourth-order valence-corrected chi connectivity index (χ4v) is 11.6. The smallest absolute Gasteiger partial charge is 0.148 e. The number of hydrogen-bond acceptors (Lipinski definition) is 2. The number of hydrogen-bond donors (Lipinski definition) is 0. The molecule has 0 aromatic heterocycles. The first kappa shape index (κ1) is 42.9. The summed E-state index contributed by atoms with van der Waals surface area (Å²) in [5.74, 6) is -2.21. The summed E-state index contributed by atoms with van der Waals surface area (Å²) in [6.07, 6.45) is 0. The van der Waals surface area contributed by atoms with Gasteiger partial charge >= 0.3 is 0 Å². The van der Waals surface area contributed by atoms with Crippen molar-refractivity contribution in [3.05, 3.63) is 205 Å². The molecule has 0 saturated heterocycles. The molecular formula is C58H48F4N2Si2. The Labute approximate surface area is 385 Å². The maximum atomic E-state index is 16.8. The monoisotopic (exact) mass is 904 g/mol. The Hall–Kier alpha value is -7.01. The first-order valence-corrected chi connectivity index (χ1v) is 29.3. The zero-order valence-corrected chi connectivity index (χ0v) is 39.7. The van der Waals surface area contributed by atoms with Gasteiger partial charge in [0.1, 0.15) is 23.3 Å². The van der Waals surface area contributed by atoms with Gasteiger partial charge in [-0.05, 0) is 81.2 Å². The summed E-state index contributed by atoms with van der Waals surface area (Å²) >= 11 is 0. The van der Waals surface area contributed by atoms with E-state index in [0.717, 1.165) is 32.3 Å². The van der Waals surface area contributed by atoms with Crippen molar-refractivity contribution in [3.63, 3.8) is 0 Å². The van der Waals surface area contributed by atoms with E-state index < -0.39 is 39.4 Å². The fraction of sp³-hybridized carbons (Fsp3) is 0.103. The molecule has 0 aliphatic heterocycles. The van der Waals surface area contributed by atoms with Crippen LogP contribution in [0.2, 0.25) is 39.3 Å². The van der Waals surface area contributed by atoms with Gasteiger partial charge in [0.2, 0.25) is 0 Å². The summed E-state index contributed by atoms with van der Waals surface area (Å²) in [4.78, 5) is 3.55. The largest absolute Gasteiger partial charge is 0.307 e. The van der Waals surface area contributed by atoms with E-state index >= 15 is 17.6 Å². The highest BCUT2D eigenvalue weighted by Crippen LogP contribution is 2.49. The van der Waals surface area contributed by atoms with Gasteiger partial charge in [-0.15, -0.1) is 0 Å². The number of nitrogens with zero attached hydrogens (tertiary/aromatic N) is 2. The molecule has 0 aliphatic rings. The molecule has 0 saturated carbocycles. The minimum Gasteiger partial charge on any atom is -0.307 e. The van der Waals surface area contributed by atoms with Gasteiger partial charge in [0.15, 0.2) is 0 Å². The van der Waals surface area contributed by atoms with Crippen molar-refractivity contribution in [2.75, 3.05) is 9.80 Å². The second-order valence-corrected chi connectivity index (χ2v) is 29.3. The molecule has 0 amide bonds. The second-order valence-electron chi connectivity index (χ2n) is 19.2. The molecule has 10 aromatic carbocycles. The van der Waals surface area contributed by atoms with Crippen LogP contribution in [0.3, 0.4) is 0 Å². The van der Waals surface area contributed by atoms with Crippen LogP contribution in [0.25, 0.3) is 54.6 Å². The topological polar surface area (TPSA) is 6.48 Å². The number of halogens is 4. The van der Waals surface area contributed by atoms with E-state index in [1.54, 1.807) is 9.80 Å². The number of benzene rings is 10. The van der Waals surface area contributed by atoms with Gasteiger partial charge in [0, 0.05) is 45.4 Å². The standard InChI is InChI=1S/C58H48F4N2Si2/c1-65(2,3)43-25-17-37(18-26-43)47-33-51(61)55(35-49(47)59)63(41-13-9-7-10-14-41)53-31-23-39-22-30-46-54(32-24-40-21-29-45(53)57(39)58(40)46)64(42-15-11-8-12-16-42)56-36-50(60)48(34-52(56)62)38-19-27-44(28-20-38)66(4,5)6/h7-36H,1-6H3. The van der Waals surface area contributed by atoms with Crippen LogP contribution in [0.4, 0.5) is 51.7 Å².